The molecule has 0 heterocycles. The Kier molecular flexibility index (Phi) is 12.7. The fourth-order valence-corrected chi connectivity index (χ4v) is 5.01. The molecule has 21 heavy (non-hydrogen) atoms. The Morgan fingerprint density at radius 1 is 1.14 bits per heavy atom. The molecule has 0 aliphatic heterocycles. The van der Waals surface area contributed by atoms with Crippen LogP contribution in [0, 0.1) is 0 Å². The van der Waals surface area contributed by atoms with Crippen molar-refractivity contribution < 1.29 is 23.4 Å². The van der Waals surface area contributed by atoms with Gasteiger partial charge >= 0.3 is 5.97 Å². The van der Waals surface area contributed by atoms with Gasteiger partial charge in [-0.1, -0.05) is 41.0 Å². The van der Waals surface area contributed by atoms with Gasteiger partial charge in [-0.2, -0.15) is 0 Å². The monoisotopic (exact) mass is 356 g/mol. The first-order chi connectivity index (χ1) is 9.85. The van der Waals surface area contributed by atoms with E-state index >= 15 is 0 Å². The quantitative estimate of drug-likeness (QED) is 0.412. The third-order valence-electron chi connectivity index (χ3n) is 2.62. The van der Waals surface area contributed by atoms with E-state index in [9.17, 15) is 18.7 Å². The van der Waals surface area contributed by atoms with Crippen molar-refractivity contribution in [3.63, 3.8) is 0 Å². The maximum absolute atomic E-state index is 11.8. The van der Waals surface area contributed by atoms with Crippen LogP contribution in [0.3, 0.4) is 0 Å². The largest absolute Gasteiger partial charge is 0.616 e. The molecular formula is C13H24O5S3. The average Bonchev–Trinajstić information content (AvgIpc) is 2.41. The predicted octanol–water partition coefficient (Wildman–Crippen LogP) is 1.50. The second-order valence-electron chi connectivity index (χ2n) is 4.58. The molecule has 0 rings (SSSR count). The molecule has 0 aromatic rings. The zero-order valence-corrected chi connectivity index (χ0v) is 15.2. The van der Waals surface area contributed by atoms with Crippen molar-refractivity contribution in [2.24, 2.45) is 0 Å². The third kappa shape index (κ3) is 13.5. The summed E-state index contributed by atoms with van der Waals surface area (Å²) >= 11 is -0.729. The predicted molar refractivity (Wildman–Crippen MR) is 89.4 cm³/mol. The van der Waals surface area contributed by atoms with Crippen LogP contribution in [0.25, 0.3) is 0 Å². The van der Waals surface area contributed by atoms with Crippen molar-refractivity contribution in [1.29, 1.82) is 0 Å². The summed E-state index contributed by atoms with van der Waals surface area (Å²) in [6, 6.07) is 0. The molecule has 3 unspecified atom stereocenters. The zero-order chi connectivity index (χ0) is 16.3. The van der Waals surface area contributed by atoms with Gasteiger partial charge in [0.25, 0.3) is 0 Å². The van der Waals surface area contributed by atoms with Crippen LogP contribution in [0.5, 0.6) is 0 Å². The number of hydrogen-bond acceptors (Lipinski definition) is 6. The Balaban J connectivity index is 3.62. The lowest BCUT2D eigenvalue weighted by Gasteiger charge is -2.14. The van der Waals surface area contributed by atoms with Gasteiger partial charge in [-0.25, -0.2) is 0 Å². The third-order valence-corrected chi connectivity index (χ3v) is 6.43. The van der Waals surface area contributed by atoms with Gasteiger partial charge in [-0.05, 0) is 0 Å². The van der Waals surface area contributed by atoms with Gasteiger partial charge in [0.1, 0.15) is 23.0 Å². The maximum Gasteiger partial charge on any atom is 0.310 e. The first kappa shape index (κ1) is 21.1. The molecule has 0 saturated carbocycles. The summed E-state index contributed by atoms with van der Waals surface area (Å²) in [5.41, 5.74) is 0. The van der Waals surface area contributed by atoms with E-state index in [1.165, 1.54) is 25.8 Å². The number of carbonyl (C=O) groups is 2. The summed E-state index contributed by atoms with van der Waals surface area (Å²) in [5, 5.41) is 0.259. The first-order valence-electron chi connectivity index (χ1n) is 6.79. The van der Waals surface area contributed by atoms with Crippen molar-refractivity contribution >= 4 is 45.2 Å². The van der Waals surface area contributed by atoms with Crippen molar-refractivity contribution in [2.75, 3.05) is 30.1 Å². The SMILES string of the molecule is COC(=O)CC[S+]([O-])CCC[S+]([O-])CCC(C)SC(C)=O. The lowest BCUT2D eigenvalue weighted by atomic mass is 10.4. The molecule has 0 radical (unpaired) electrons. The van der Waals surface area contributed by atoms with Crippen LogP contribution < -0.4 is 0 Å². The molecule has 0 saturated heterocycles. The molecule has 124 valence electrons. The van der Waals surface area contributed by atoms with Crippen LogP contribution in [-0.2, 0) is 36.7 Å². The van der Waals surface area contributed by atoms with Crippen LogP contribution in [0.1, 0.15) is 33.1 Å². The Hall–Kier alpha value is 0.110. The molecule has 0 N–H and O–H groups in total. The van der Waals surface area contributed by atoms with Crippen LogP contribution >= 0.6 is 11.8 Å². The number of thioether (sulfide) groups is 1. The van der Waals surface area contributed by atoms with Crippen LogP contribution in [0.15, 0.2) is 0 Å². The van der Waals surface area contributed by atoms with E-state index in [4.69, 9.17) is 0 Å². The smallest absolute Gasteiger partial charge is 0.310 e. The fraction of sp³-hybridized carbons (Fsp3) is 0.846. The zero-order valence-electron chi connectivity index (χ0n) is 12.8. The fourth-order valence-electron chi connectivity index (χ4n) is 1.52. The van der Waals surface area contributed by atoms with Gasteiger partial charge in [0.05, 0.1) is 13.5 Å². The van der Waals surface area contributed by atoms with Crippen LogP contribution in [0.4, 0.5) is 0 Å². The highest BCUT2D eigenvalue weighted by molar-refractivity contribution is 8.14. The molecule has 0 aliphatic carbocycles. The average molecular weight is 357 g/mol. The van der Waals surface area contributed by atoms with E-state index in [2.05, 4.69) is 4.74 Å². The Morgan fingerprint density at radius 3 is 2.24 bits per heavy atom. The minimum Gasteiger partial charge on any atom is -0.616 e. The molecule has 5 nitrogen and oxygen atoms in total. The summed E-state index contributed by atoms with van der Waals surface area (Å²) < 4.78 is 27.8. The number of carbonyl (C=O) groups excluding carboxylic acids is 2. The molecule has 3 atom stereocenters. The minimum absolute atomic E-state index is 0.0780. The summed E-state index contributed by atoms with van der Waals surface area (Å²) in [4.78, 5) is 21.8. The molecule has 0 aromatic heterocycles. The van der Waals surface area contributed by atoms with Crippen LogP contribution in [-0.4, -0.2) is 55.6 Å². The number of esters is 1. The van der Waals surface area contributed by atoms with Crippen molar-refractivity contribution in [3.05, 3.63) is 0 Å². The molecule has 0 spiro atoms. The van der Waals surface area contributed by atoms with Gasteiger partial charge < -0.3 is 13.8 Å². The van der Waals surface area contributed by atoms with Gasteiger partial charge in [0.15, 0.2) is 5.12 Å². The first-order valence-corrected chi connectivity index (χ1v) is 10.6. The van der Waals surface area contributed by atoms with Gasteiger partial charge in [0, 0.05) is 25.0 Å². The van der Waals surface area contributed by atoms with Crippen molar-refractivity contribution in [2.45, 2.75) is 38.4 Å². The van der Waals surface area contributed by atoms with Gasteiger partial charge in [-0.3, -0.25) is 9.59 Å². The highest BCUT2D eigenvalue weighted by Gasteiger charge is 2.15. The number of rotatable bonds is 11. The molecular weight excluding hydrogens is 332 g/mol. The number of ether oxygens (including phenoxy) is 1. The normalized spacial score (nSPS) is 15.3. The van der Waals surface area contributed by atoms with E-state index in [0.29, 0.717) is 29.4 Å². The summed E-state index contributed by atoms with van der Waals surface area (Å²) in [6.45, 7) is 3.48. The molecule has 0 bridgehead atoms. The Bertz CT molecular complexity index is 314. The maximum atomic E-state index is 11.8. The summed E-state index contributed by atoms with van der Waals surface area (Å²) in [5.74, 6) is 1.48. The van der Waals surface area contributed by atoms with E-state index in [1.54, 1.807) is 0 Å². The number of hydrogen-bond donors (Lipinski definition) is 0. The highest BCUT2D eigenvalue weighted by atomic mass is 32.2. The second kappa shape index (κ2) is 12.6. The summed E-state index contributed by atoms with van der Waals surface area (Å²) in [7, 11) is 1.31. The lowest BCUT2D eigenvalue weighted by molar-refractivity contribution is -0.140. The molecule has 0 fully saturated rings. The summed E-state index contributed by atoms with van der Waals surface area (Å²) in [6.07, 6.45) is 1.52. The topological polar surface area (TPSA) is 89.5 Å². The highest BCUT2D eigenvalue weighted by Crippen LogP contribution is 2.16. The Labute approximate surface area is 137 Å². The molecule has 0 aromatic carbocycles. The van der Waals surface area contributed by atoms with Crippen molar-refractivity contribution in [3.8, 4) is 0 Å². The van der Waals surface area contributed by atoms with E-state index in [-0.39, 0.29) is 22.8 Å². The Morgan fingerprint density at radius 2 is 1.71 bits per heavy atom. The molecule has 8 heteroatoms. The second-order valence-corrected chi connectivity index (χ2v) is 9.59. The van der Waals surface area contributed by atoms with Crippen molar-refractivity contribution in [1.82, 2.24) is 0 Å². The van der Waals surface area contributed by atoms with Crippen LogP contribution in [0.2, 0.25) is 0 Å². The lowest BCUT2D eigenvalue weighted by Crippen LogP contribution is -2.20. The number of methoxy groups -OCH3 is 1. The van der Waals surface area contributed by atoms with Gasteiger partial charge in [0.2, 0.25) is 0 Å². The minimum atomic E-state index is -1.06. The van der Waals surface area contributed by atoms with E-state index in [1.807, 2.05) is 6.92 Å². The van der Waals surface area contributed by atoms with E-state index < -0.39 is 22.4 Å². The van der Waals surface area contributed by atoms with Gasteiger partial charge in [-0.15, -0.1) is 0 Å². The molecule has 0 amide bonds. The standard InChI is InChI=1S/C13H24O5S3/c1-11(19-12(2)14)5-9-20(16)7-4-8-21(17)10-6-13(15)18-3/h11H,4-10H2,1-3H3. The molecule has 0 aliphatic rings. The van der Waals surface area contributed by atoms with E-state index in [0.717, 1.165) is 6.42 Å².